The van der Waals surface area contributed by atoms with Crippen LogP contribution < -0.4 is 5.32 Å². The van der Waals surface area contributed by atoms with Gasteiger partial charge < -0.3 is 10.4 Å². The molecule has 1 atom stereocenters. The zero-order valence-electron chi connectivity index (χ0n) is 14.5. The topological polar surface area (TPSA) is 32.3 Å². The van der Waals surface area contributed by atoms with Crippen molar-refractivity contribution in [1.29, 1.82) is 0 Å². The van der Waals surface area contributed by atoms with E-state index in [0.29, 0.717) is 0 Å². The summed E-state index contributed by atoms with van der Waals surface area (Å²) in [4.78, 5) is 0. The van der Waals surface area contributed by atoms with Gasteiger partial charge in [0.25, 0.3) is 0 Å². The zero-order chi connectivity index (χ0) is 15.3. The number of hydrogen-bond donors (Lipinski definition) is 2. The molecule has 1 unspecified atom stereocenters. The first-order valence-electron chi connectivity index (χ1n) is 8.89. The molecule has 0 aliphatic rings. The molecular weight excluding hydrogens is 246 g/mol. The van der Waals surface area contributed by atoms with E-state index < -0.39 is 0 Å². The van der Waals surface area contributed by atoms with Gasteiger partial charge in [0.15, 0.2) is 0 Å². The molecule has 20 heavy (non-hydrogen) atoms. The number of nitrogens with one attached hydrogen (secondary N) is 1. The summed E-state index contributed by atoms with van der Waals surface area (Å²) in [6.07, 6.45) is 14.3. The van der Waals surface area contributed by atoms with Gasteiger partial charge in [-0.15, -0.1) is 0 Å². The van der Waals surface area contributed by atoms with Gasteiger partial charge in [0.05, 0.1) is 6.10 Å². The van der Waals surface area contributed by atoms with E-state index in [1.54, 1.807) is 0 Å². The Bertz CT molecular complexity index is 198. The largest absolute Gasteiger partial charge is 0.392 e. The van der Waals surface area contributed by atoms with Crippen molar-refractivity contribution in [3.05, 3.63) is 0 Å². The minimum Gasteiger partial charge on any atom is -0.392 e. The Balaban J connectivity index is 3.19. The lowest BCUT2D eigenvalue weighted by atomic mass is 10.0. The SMILES string of the molecule is CCCCCCCCCCCCC(O)CNC(C)(C)C. The minimum atomic E-state index is -0.178. The van der Waals surface area contributed by atoms with Crippen LogP contribution in [0.5, 0.6) is 0 Å². The predicted molar refractivity (Wildman–Crippen MR) is 90.2 cm³/mol. The molecule has 0 aromatic rings. The number of rotatable bonds is 13. The van der Waals surface area contributed by atoms with Crippen molar-refractivity contribution in [2.45, 2.75) is 110 Å². The lowest BCUT2D eigenvalue weighted by Gasteiger charge is -2.22. The van der Waals surface area contributed by atoms with E-state index in [0.717, 1.165) is 13.0 Å². The fourth-order valence-electron chi connectivity index (χ4n) is 2.39. The second-order valence-corrected chi connectivity index (χ2v) is 7.26. The summed E-state index contributed by atoms with van der Waals surface area (Å²) in [5.74, 6) is 0. The molecular formula is C18H39NO. The van der Waals surface area contributed by atoms with E-state index in [4.69, 9.17) is 0 Å². The van der Waals surface area contributed by atoms with Crippen molar-refractivity contribution < 1.29 is 5.11 Å². The maximum absolute atomic E-state index is 9.87. The summed E-state index contributed by atoms with van der Waals surface area (Å²) in [7, 11) is 0. The molecule has 0 aromatic carbocycles. The molecule has 0 amide bonds. The number of β-amino-alcohol motifs (C(OH)–C–C–N with tert-alkyl or cyclic N) is 1. The Morgan fingerprint density at radius 2 is 1.25 bits per heavy atom. The molecule has 2 nitrogen and oxygen atoms in total. The quantitative estimate of drug-likeness (QED) is 0.464. The van der Waals surface area contributed by atoms with Crippen LogP contribution >= 0.6 is 0 Å². The van der Waals surface area contributed by atoms with Gasteiger partial charge in [0, 0.05) is 12.1 Å². The zero-order valence-corrected chi connectivity index (χ0v) is 14.5. The van der Waals surface area contributed by atoms with Crippen molar-refractivity contribution in [2.24, 2.45) is 0 Å². The van der Waals surface area contributed by atoms with Crippen LogP contribution in [0.1, 0.15) is 98.3 Å². The standard InChI is InChI=1S/C18H39NO/c1-5-6-7-8-9-10-11-12-13-14-15-17(20)16-19-18(2,3)4/h17,19-20H,5-16H2,1-4H3. The summed E-state index contributed by atoms with van der Waals surface area (Å²) < 4.78 is 0. The molecule has 2 N–H and O–H groups in total. The average molecular weight is 286 g/mol. The first-order valence-corrected chi connectivity index (χ1v) is 8.89. The van der Waals surface area contributed by atoms with Gasteiger partial charge in [0.2, 0.25) is 0 Å². The highest BCUT2D eigenvalue weighted by Crippen LogP contribution is 2.12. The lowest BCUT2D eigenvalue weighted by molar-refractivity contribution is 0.148. The van der Waals surface area contributed by atoms with E-state index in [1.807, 2.05) is 0 Å². The molecule has 0 saturated heterocycles. The van der Waals surface area contributed by atoms with E-state index in [1.165, 1.54) is 64.2 Å². The van der Waals surface area contributed by atoms with Crippen molar-refractivity contribution in [2.75, 3.05) is 6.54 Å². The minimum absolute atomic E-state index is 0.110. The summed E-state index contributed by atoms with van der Waals surface area (Å²) in [6, 6.07) is 0. The molecule has 122 valence electrons. The van der Waals surface area contributed by atoms with Crippen LogP contribution in [0.4, 0.5) is 0 Å². The molecule has 0 rings (SSSR count). The van der Waals surface area contributed by atoms with Gasteiger partial charge in [-0.3, -0.25) is 0 Å². The first kappa shape index (κ1) is 19.9. The van der Waals surface area contributed by atoms with Gasteiger partial charge >= 0.3 is 0 Å². The van der Waals surface area contributed by atoms with Crippen LogP contribution in [0.15, 0.2) is 0 Å². The second-order valence-electron chi connectivity index (χ2n) is 7.26. The molecule has 0 saturated carbocycles. The number of aliphatic hydroxyl groups excluding tert-OH is 1. The fraction of sp³-hybridized carbons (Fsp3) is 1.00. The number of hydrogen-bond acceptors (Lipinski definition) is 2. The summed E-state index contributed by atoms with van der Waals surface area (Å²) >= 11 is 0. The summed E-state index contributed by atoms with van der Waals surface area (Å²) in [6.45, 7) is 9.41. The maximum Gasteiger partial charge on any atom is 0.0664 e. The van der Waals surface area contributed by atoms with E-state index in [9.17, 15) is 5.11 Å². The third-order valence-electron chi connectivity index (χ3n) is 3.76. The van der Waals surface area contributed by atoms with Gasteiger partial charge in [-0.1, -0.05) is 71.1 Å². The maximum atomic E-state index is 9.87. The molecule has 0 spiro atoms. The van der Waals surface area contributed by atoms with Gasteiger partial charge in [0.1, 0.15) is 0 Å². The Morgan fingerprint density at radius 1 is 0.800 bits per heavy atom. The predicted octanol–water partition coefficient (Wildman–Crippen LogP) is 5.05. The summed E-state index contributed by atoms with van der Waals surface area (Å²) in [5.41, 5.74) is 0.110. The van der Waals surface area contributed by atoms with E-state index >= 15 is 0 Å². The normalized spacial score (nSPS) is 13.7. The van der Waals surface area contributed by atoms with Gasteiger partial charge in [-0.05, 0) is 27.2 Å². The van der Waals surface area contributed by atoms with Crippen LogP contribution in [-0.2, 0) is 0 Å². The van der Waals surface area contributed by atoms with Crippen LogP contribution in [0.3, 0.4) is 0 Å². The Labute approximate surface area is 127 Å². The molecule has 0 aliphatic carbocycles. The molecule has 0 heterocycles. The third kappa shape index (κ3) is 16.0. The van der Waals surface area contributed by atoms with Gasteiger partial charge in [-0.25, -0.2) is 0 Å². The van der Waals surface area contributed by atoms with Crippen LogP contribution in [-0.4, -0.2) is 23.3 Å². The van der Waals surface area contributed by atoms with Crippen LogP contribution in [0.25, 0.3) is 0 Å². The highest BCUT2D eigenvalue weighted by molar-refractivity contribution is 4.72. The molecule has 0 aromatic heterocycles. The Morgan fingerprint density at radius 3 is 1.70 bits per heavy atom. The lowest BCUT2D eigenvalue weighted by Crippen LogP contribution is -2.40. The number of unbranched alkanes of at least 4 members (excludes halogenated alkanes) is 9. The smallest absolute Gasteiger partial charge is 0.0664 e. The highest BCUT2D eigenvalue weighted by atomic mass is 16.3. The van der Waals surface area contributed by atoms with Gasteiger partial charge in [-0.2, -0.15) is 0 Å². The van der Waals surface area contributed by atoms with Crippen molar-refractivity contribution in [3.63, 3.8) is 0 Å². The van der Waals surface area contributed by atoms with E-state index in [2.05, 4.69) is 33.0 Å². The van der Waals surface area contributed by atoms with E-state index in [-0.39, 0.29) is 11.6 Å². The molecule has 0 radical (unpaired) electrons. The van der Waals surface area contributed by atoms with Crippen molar-refractivity contribution in [3.8, 4) is 0 Å². The molecule has 2 heteroatoms. The average Bonchev–Trinajstić information content (AvgIpc) is 2.38. The number of aliphatic hydroxyl groups is 1. The van der Waals surface area contributed by atoms with Crippen molar-refractivity contribution in [1.82, 2.24) is 5.32 Å². The van der Waals surface area contributed by atoms with Crippen molar-refractivity contribution >= 4 is 0 Å². The third-order valence-corrected chi connectivity index (χ3v) is 3.76. The van der Waals surface area contributed by atoms with Crippen LogP contribution in [0, 0.1) is 0 Å². The molecule has 0 fully saturated rings. The first-order chi connectivity index (χ1) is 9.45. The molecule has 0 bridgehead atoms. The molecule has 0 aliphatic heterocycles. The fourth-order valence-corrected chi connectivity index (χ4v) is 2.39. The Kier molecular flexibility index (Phi) is 12.6. The highest BCUT2D eigenvalue weighted by Gasteiger charge is 2.11. The Hall–Kier alpha value is -0.0800. The monoisotopic (exact) mass is 285 g/mol. The summed E-state index contributed by atoms with van der Waals surface area (Å²) in [5, 5.41) is 13.2. The second kappa shape index (κ2) is 12.6. The van der Waals surface area contributed by atoms with Crippen LogP contribution in [0.2, 0.25) is 0 Å².